The van der Waals surface area contributed by atoms with E-state index in [0.29, 0.717) is 30.4 Å². The Morgan fingerprint density at radius 2 is 2.00 bits per heavy atom. The van der Waals surface area contributed by atoms with Crippen molar-refractivity contribution in [3.8, 4) is 5.88 Å². The first-order valence-corrected chi connectivity index (χ1v) is 8.18. The molecule has 0 saturated carbocycles. The van der Waals surface area contributed by atoms with E-state index in [4.69, 9.17) is 4.74 Å². The summed E-state index contributed by atoms with van der Waals surface area (Å²) in [6.45, 7) is 4.72. The molecule has 1 fully saturated rings. The number of piperazine rings is 1. The van der Waals surface area contributed by atoms with Crippen molar-refractivity contribution in [1.82, 2.24) is 14.9 Å². The van der Waals surface area contributed by atoms with Gasteiger partial charge in [0, 0.05) is 31.5 Å². The molecule has 1 saturated heterocycles. The van der Waals surface area contributed by atoms with Crippen LogP contribution in [0.3, 0.4) is 0 Å². The first-order chi connectivity index (χ1) is 12.0. The predicted molar refractivity (Wildman–Crippen MR) is 92.5 cm³/mol. The lowest BCUT2D eigenvalue weighted by molar-refractivity contribution is -0.120. The van der Waals surface area contributed by atoms with Gasteiger partial charge in [0.15, 0.2) is 0 Å². The van der Waals surface area contributed by atoms with Crippen LogP contribution in [0.1, 0.15) is 24.2 Å². The second-order valence-corrected chi connectivity index (χ2v) is 6.01. The Bertz CT molecular complexity index is 747. The summed E-state index contributed by atoms with van der Waals surface area (Å²) >= 11 is 0. The first kappa shape index (κ1) is 16.9. The molecule has 25 heavy (non-hydrogen) atoms. The molecule has 0 bridgehead atoms. The number of anilines is 1. The van der Waals surface area contributed by atoms with Gasteiger partial charge in [0.25, 0.3) is 5.91 Å². The van der Waals surface area contributed by atoms with Crippen molar-refractivity contribution >= 4 is 17.6 Å². The van der Waals surface area contributed by atoms with Gasteiger partial charge in [-0.3, -0.25) is 14.5 Å². The highest BCUT2D eigenvalue weighted by Crippen LogP contribution is 2.16. The summed E-state index contributed by atoms with van der Waals surface area (Å²) in [6, 6.07) is 8.75. The normalized spacial score (nSPS) is 14.8. The minimum absolute atomic E-state index is 0.0198. The van der Waals surface area contributed by atoms with Crippen LogP contribution in [0.15, 0.2) is 42.7 Å². The molecule has 3 heterocycles. The zero-order chi connectivity index (χ0) is 17.8. The molecule has 0 unspecified atom stereocenters. The van der Waals surface area contributed by atoms with Gasteiger partial charge < -0.3 is 9.64 Å². The molecule has 2 aromatic heterocycles. The van der Waals surface area contributed by atoms with E-state index in [1.165, 1.54) is 11.1 Å². The zero-order valence-corrected chi connectivity index (χ0v) is 14.3. The van der Waals surface area contributed by atoms with Crippen LogP contribution in [0.5, 0.6) is 5.88 Å². The van der Waals surface area contributed by atoms with Crippen molar-refractivity contribution in [2.45, 2.75) is 20.0 Å². The van der Waals surface area contributed by atoms with Gasteiger partial charge in [-0.15, -0.1) is 0 Å². The number of hydrogen-bond acceptors (Lipinski definition) is 5. The van der Waals surface area contributed by atoms with Gasteiger partial charge in [0.1, 0.15) is 12.4 Å². The highest BCUT2D eigenvalue weighted by molar-refractivity contribution is 6.01. The Kier molecular flexibility index (Phi) is 4.92. The number of aromatic nitrogens is 2. The van der Waals surface area contributed by atoms with E-state index in [-0.39, 0.29) is 24.5 Å². The molecule has 0 aliphatic carbocycles. The third kappa shape index (κ3) is 3.93. The Morgan fingerprint density at radius 3 is 2.60 bits per heavy atom. The standard InChI is InChI=1S/C18H20N4O3/c1-13(2)25-16-7-6-14(11-20-16)18(24)21-9-10-22(17(23)12-21)15-5-3-4-8-19-15/h3-8,11,13H,9-10,12H2,1-2H3. The number of hydrogen-bond donors (Lipinski definition) is 0. The molecule has 1 aliphatic rings. The zero-order valence-electron chi connectivity index (χ0n) is 14.3. The number of carbonyl (C=O) groups excluding carboxylic acids is 2. The van der Waals surface area contributed by atoms with Crippen molar-refractivity contribution < 1.29 is 14.3 Å². The molecule has 0 spiro atoms. The van der Waals surface area contributed by atoms with Crippen molar-refractivity contribution in [2.75, 3.05) is 24.5 Å². The molecule has 2 aromatic rings. The molecule has 0 radical (unpaired) electrons. The van der Waals surface area contributed by atoms with Gasteiger partial charge in [-0.1, -0.05) is 6.07 Å². The van der Waals surface area contributed by atoms with Crippen molar-refractivity contribution in [3.63, 3.8) is 0 Å². The summed E-state index contributed by atoms with van der Waals surface area (Å²) in [6.07, 6.45) is 3.15. The molecule has 3 rings (SSSR count). The predicted octanol–water partition coefficient (Wildman–Crippen LogP) is 1.75. The quantitative estimate of drug-likeness (QED) is 0.848. The lowest BCUT2D eigenvalue weighted by Gasteiger charge is -2.33. The van der Waals surface area contributed by atoms with Crippen LogP contribution < -0.4 is 9.64 Å². The maximum absolute atomic E-state index is 12.6. The van der Waals surface area contributed by atoms with E-state index >= 15 is 0 Å². The fraction of sp³-hybridized carbons (Fsp3) is 0.333. The molecule has 0 N–H and O–H groups in total. The molecule has 7 nitrogen and oxygen atoms in total. The Balaban J connectivity index is 1.65. The van der Waals surface area contributed by atoms with E-state index in [0.717, 1.165) is 0 Å². The number of rotatable bonds is 4. The highest BCUT2D eigenvalue weighted by Gasteiger charge is 2.29. The monoisotopic (exact) mass is 340 g/mol. The molecule has 0 aromatic carbocycles. The van der Waals surface area contributed by atoms with Gasteiger partial charge >= 0.3 is 0 Å². The second-order valence-electron chi connectivity index (χ2n) is 6.01. The third-order valence-electron chi connectivity index (χ3n) is 3.77. The van der Waals surface area contributed by atoms with Crippen molar-refractivity contribution in [3.05, 3.63) is 48.3 Å². The fourth-order valence-electron chi connectivity index (χ4n) is 2.60. The summed E-state index contributed by atoms with van der Waals surface area (Å²) in [7, 11) is 0. The minimum atomic E-state index is -0.211. The van der Waals surface area contributed by atoms with Crippen LogP contribution in [0.4, 0.5) is 5.82 Å². The van der Waals surface area contributed by atoms with E-state index in [2.05, 4.69) is 9.97 Å². The van der Waals surface area contributed by atoms with E-state index < -0.39 is 0 Å². The average molecular weight is 340 g/mol. The molecule has 1 aliphatic heterocycles. The average Bonchev–Trinajstić information content (AvgIpc) is 2.62. The fourth-order valence-corrected chi connectivity index (χ4v) is 2.60. The number of amides is 2. The molecule has 2 amide bonds. The van der Waals surface area contributed by atoms with Gasteiger partial charge in [-0.05, 0) is 32.0 Å². The van der Waals surface area contributed by atoms with Crippen LogP contribution in [0.25, 0.3) is 0 Å². The summed E-state index contributed by atoms with van der Waals surface area (Å²) in [5, 5.41) is 0. The molecular weight excluding hydrogens is 320 g/mol. The summed E-state index contributed by atoms with van der Waals surface area (Å²) in [5.74, 6) is 0.725. The van der Waals surface area contributed by atoms with Crippen LogP contribution in [-0.4, -0.2) is 52.4 Å². The Labute approximate surface area is 146 Å². The molecule has 130 valence electrons. The molecule has 7 heteroatoms. The first-order valence-electron chi connectivity index (χ1n) is 8.18. The minimum Gasteiger partial charge on any atom is -0.475 e. The molecular formula is C18H20N4O3. The summed E-state index contributed by atoms with van der Waals surface area (Å²) in [5.41, 5.74) is 0.440. The number of nitrogens with zero attached hydrogens (tertiary/aromatic N) is 4. The van der Waals surface area contributed by atoms with Gasteiger partial charge in [-0.25, -0.2) is 9.97 Å². The lowest BCUT2D eigenvalue weighted by atomic mass is 10.2. The van der Waals surface area contributed by atoms with Gasteiger partial charge in [-0.2, -0.15) is 0 Å². The molecule has 0 atom stereocenters. The van der Waals surface area contributed by atoms with Crippen molar-refractivity contribution in [1.29, 1.82) is 0 Å². The van der Waals surface area contributed by atoms with E-state index in [9.17, 15) is 9.59 Å². The van der Waals surface area contributed by atoms with Crippen LogP contribution >= 0.6 is 0 Å². The third-order valence-corrected chi connectivity index (χ3v) is 3.77. The Morgan fingerprint density at radius 1 is 1.16 bits per heavy atom. The lowest BCUT2D eigenvalue weighted by Crippen LogP contribution is -2.52. The SMILES string of the molecule is CC(C)Oc1ccc(C(=O)N2CCN(c3ccccn3)C(=O)C2)cn1. The Hall–Kier alpha value is -2.96. The van der Waals surface area contributed by atoms with Crippen molar-refractivity contribution in [2.24, 2.45) is 0 Å². The smallest absolute Gasteiger partial charge is 0.255 e. The van der Waals surface area contributed by atoms with Gasteiger partial charge in [0.05, 0.1) is 11.7 Å². The van der Waals surface area contributed by atoms with Crippen LogP contribution in [-0.2, 0) is 4.79 Å². The summed E-state index contributed by atoms with van der Waals surface area (Å²) in [4.78, 5) is 36.4. The maximum Gasteiger partial charge on any atom is 0.255 e. The summed E-state index contributed by atoms with van der Waals surface area (Å²) < 4.78 is 5.47. The second kappa shape index (κ2) is 7.29. The van der Waals surface area contributed by atoms with Crippen LogP contribution in [0.2, 0.25) is 0 Å². The van der Waals surface area contributed by atoms with Gasteiger partial charge in [0.2, 0.25) is 11.8 Å². The largest absolute Gasteiger partial charge is 0.475 e. The van der Waals surface area contributed by atoms with E-state index in [1.54, 1.807) is 35.4 Å². The number of pyridine rings is 2. The number of carbonyl (C=O) groups is 2. The highest BCUT2D eigenvalue weighted by atomic mass is 16.5. The number of ether oxygens (including phenoxy) is 1. The maximum atomic E-state index is 12.6. The topological polar surface area (TPSA) is 75.6 Å². The van der Waals surface area contributed by atoms with Crippen LogP contribution in [0, 0.1) is 0 Å². The van der Waals surface area contributed by atoms with E-state index in [1.807, 2.05) is 19.9 Å².